The van der Waals surface area contributed by atoms with Crippen LogP contribution in [0.3, 0.4) is 0 Å². The van der Waals surface area contributed by atoms with E-state index in [1.165, 1.54) is 29.9 Å². The molecule has 0 spiro atoms. The molecule has 1 aromatic carbocycles. The molecule has 0 saturated carbocycles. The molecule has 178 valence electrons. The van der Waals surface area contributed by atoms with Gasteiger partial charge in [0.25, 0.3) is 0 Å². The highest BCUT2D eigenvalue weighted by Gasteiger charge is 2.34. The number of nitrogens with zero attached hydrogens (tertiary/aromatic N) is 4. The molecule has 1 N–H and O–H groups in total. The topological polar surface area (TPSA) is 128 Å². The van der Waals surface area contributed by atoms with Crippen LogP contribution in [-0.2, 0) is 19.1 Å². The molecule has 0 aliphatic rings. The second-order valence-corrected chi connectivity index (χ2v) is 8.41. The molecule has 1 unspecified atom stereocenters. The number of halogens is 1. The van der Waals surface area contributed by atoms with Crippen molar-refractivity contribution in [2.75, 3.05) is 17.3 Å². The van der Waals surface area contributed by atoms with Crippen molar-refractivity contribution in [2.24, 2.45) is 0 Å². The Balaban J connectivity index is 1.93. The average molecular weight is 486 g/mol. The molecule has 0 saturated heterocycles. The van der Waals surface area contributed by atoms with Crippen LogP contribution < -0.4 is 10.2 Å². The molecule has 3 rings (SSSR count). The monoisotopic (exact) mass is 485 g/mol. The number of carbonyl (C=O) groups excluding carboxylic acids is 3. The molecule has 11 heteroatoms. The molecule has 34 heavy (non-hydrogen) atoms. The van der Waals surface area contributed by atoms with Crippen LogP contribution in [0.4, 0.5) is 5.69 Å². The van der Waals surface area contributed by atoms with Gasteiger partial charge in [-0.3, -0.25) is 29.3 Å². The number of esters is 1. The minimum absolute atomic E-state index is 0.196. The first-order chi connectivity index (χ1) is 16.2. The van der Waals surface area contributed by atoms with E-state index in [4.69, 9.17) is 20.8 Å². The van der Waals surface area contributed by atoms with E-state index in [1.807, 2.05) is 0 Å². The maximum absolute atomic E-state index is 13.3. The molecule has 0 aliphatic carbocycles. The number of hydrogen-bond acceptors (Lipinski definition) is 8. The van der Waals surface area contributed by atoms with Crippen molar-refractivity contribution in [1.29, 1.82) is 0 Å². The summed E-state index contributed by atoms with van der Waals surface area (Å²) in [6, 6.07) is 5.49. The number of alkyl halides is 1. The molecule has 0 bridgehead atoms. The summed E-state index contributed by atoms with van der Waals surface area (Å²) in [6.07, 6.45) is 7.09. The number of oxazole rings is 1. The SMILES string of the molecule is CC(C)(C)OC(=O)CNC(=O)C(c1cnccn1)N(C(=O)CCl)c1ccc(-c2cnco2)cc1. The molecule has 10 nitrogen and oxygen atoms in total. The minimum atomic E-state index is -1.24. The summed E-state index contributed by atoms with van der Waals surface area (Å²) in [5, 5.41) is 2.53. The lowest BCUT2D eigenvalue weighted by molar-refractivity contribution is -0.154. The molecule has 0 aliphatic heterocycles. The summed E-state index contributed by atoms with van der Waals surface area (Å²) in [7, 11) is 0. The first-order valence-electron chi connectivity index (χ1n) is 10.3. The number of ether oxygens (including phenoxy) is 1. The quantitative estimate of drug-likeness (QED) is 0.381. The number of nitrogens with one attached hydrogen (secondary N) is 1. The van der Waals surface area contributed by atoms with Gasteiger partial charge in [0.1, 0.15) is 18.0 Å². The third-order valence-electron chi connectivity index (χ3n) is 4.44. The molecule has 0 fully saturated rings. The zero-order chi connectivity index (χ0) is 24.7. The smallest absolute Gasteiger partial charge is 0.325 e. The average Bonchev–Trinajstić information content (AvgIpc) is 3.35. The molecule has 2 heterocycles. The molecule has 1 atom stereocenters. The summed E-state index contributed by atoms with van der Waals surface area (Å²) in [5.74, 6) is -1.66. The van der Waals surface area contributed by atoms with E-state index in [-0.39, 0.29) is 18.1 Å². The summed E-state index contributed by atoms with van der Waals surface area (Å²) in [6.45, 7) is 4.77. The van der Waals surface area contributed by atoms with Crippen LogP contribution in [0.25, 0.3) is 11.3 Å². The van der Waals surface area contributed by atoms with Gasteiger partial charge < -0.3 is 14.5 Å². The molecule has 2 aromatic heterocycles. The van der Waals surface area contributed by atoms with Crippen LogP contribution in [0.2, 0.25) is 0 Å². The Labute approximate surface area is 201 Å². The number of aromatic nitrogens is 3. The zero-order valence-corrected chi connectivity index (χ0v) is 19.7. The molecule has 0 radical (unpaired) electrons. The molecule has 2 amide bonds. The van der Waals surface area contributed by atoms with Gasteiger partial charge in [-0.2, -0.15) is 0 Å². The number of carbonyl (C=O) groups is 3. The first-order valence-corrected chi connectivity index (χ1v) is 10.9. The summed E-state index contributed by atoms with van der Waals surface area (Å²) < 4.78 is 10.5. The largest absolute Gasteiger partial charge is 0.459 e. The predicted molar refractivity (Wildman–Crippen MR) is 124 cm³/mol. The van der Waals surface area contributed by atoms with E-state index in [0.29, 0.717) is 11.4 Å². The van der Waals surface area contributed by atoms with Gasteiger partial charge in [-0.15, -0.1) is 11.6 Å². The fraction of sp³-hybridized carbons (Fsp3) is 0.304. The standard InChI is InChI=1S/C23H24ClN5O5/c1-23(2,3)34-20(31)13-28-22(32)21(17-11-25-8-9-27-17)29(19(30)10-24)16-6-4-15(5-7-16)18-12-26-14-33-18/h4-9,11-12,14,21H,10,13H2,1-3H3,(H,28,32). The van der Waals surface area contributed by atoms with Crippen molar-refractivity contribution in [3.63, 3.8) is 0 Å². The van der Waals surface area contributed by atoms with Gasteiger partial charge in [0, 0.05) is 23.6 Å². The fourth-order valence-corrected chi connectivity index (χ4v) is 3.24. The second kappa shape index (κ2) is 10.9. The third-order valence-corrected chi connectivity index (χ3v) is 4.67. The highest BCUT2D eigenvalue weighted by molar-refractivity contribution is 6.29. The van der Waals surface area contributed by atoms with E-state index in [2.05, 4.69) is 20.3 Å². The van der Waals surface area contributed by atoms with Crippen molar-refractivity contribution < 1.29 is 23.5 Å². The maximum Gasteiger partial charge on any atom is 0.325 e. The lowest BCUT2D eigenvalue weighted by atomic mass is 10.1. The number of benzene rings is 1. The van der Waals surface area contributed by atoms with E-state index in [0.717, 1.165) is 5.56 Å². The number of hydrogen-bond donors (Lipinski definition) is 1. The van der Waals surface area contributed by atoms with Crippen molar-refractivity contribution in [2.45, 2.75) is 32.4 Å². The van der Waals surface area contributed by atoms with Gasteiger partial charge in [0.05, 0.1) is 18.1 Å². The molecular weight excluding hydrogens is 462 g/mol. The van der Waals surface area contributed by atoms with Gasteiger partial charge in [0.2, 0.25) is 11.8 Å². The normalized spacial score (nSPS) is 12.0. The van der Waals surface area contributed by atoms with Crippen LogP contribution >= 0.6 is 11.6 Å². The number of anilines is 1. The summed E-state index contributed by atoms with van der Waals surface area (Å²) in [4.78, 5) is 51.6. The van der Waals surface area contributed by atoms with Crippen molar-refractivity contribution in [3.8, 4) is 11.3 Å². The molecule has 3 aromatic rings. The summed E-state index contributed by atoms with van der Waals surface area (Å²) in [5.41, 5.74) is 0.599. The Morgan fingerprint density at radius 2 is 1.85 bits per heavy atom. The second-order valence-electron chi connectivity index (χ2n) is 8.15. The van der Waals surface area contributed by atoms with E-state index < -0.39 is 29.4 Å². The zero-order valence-electron chi connectivity index (χ0n) is 18.9. The van der Waals surface area contributed by atoms with E-state index in [1.54, 1.807) is 51.2 Å². The Morgan fingerprint density at radius 1 is 1.12 bits per heavy atom. The van der Waals surface area contributed by atoms with E-state index in [9.17, 15) is 14.4 Å². The van der Waals surface area contributed by atoms with Crippen LogP contribution in [0.1, 0.15) is 32.5 Å². The van der Waals surface area contributed by atoms with Gasteiger partial charge in [-0.25, -0.2) is 4.98 Å². The Hall–Kier alpha value is -3.79. The Morgan fingerprint density at radius 3 is 2.41 bits per heavy atom. The summed E-state index contributed by atoms with van der Waals surface area (Å²) >= 11 is 5.89. The van der Waals surface area contributed by atoms with E-state index >= 15 is 0 Å². The van der Waals surface area contributed by atoms with Crippen molar-refractivity contribution in [1.82, 2.24) is 20.3 Å². The fourth-order valence-electron chi connectivity index (χ4n) is 3.12. The number of rotatable bonds is 8. The molecular formula is C23H24ClN5O5. The lowest BCUT2D eigenvalue weighted by Gasteiger charge is -2.30. The van der Waals surface area contributed by atoms with Crippen molar-refractivity contribution >= 4 is 35.1 Å². The lowest BCUT2D eigenvalue weighted by Crippen LogP contribution is -2.46. The van der Waals surface area contributed by atoms with Gasteiger partial charge >= 0.3 is 5.97 Å². The number of amides is 2. The maximum atomic E-state index is 13.3. The Kier molecular flexibility index (Phi) is 7.95. The van der Waals surface area contributed by atoms with Gasteiger partial charge in [-0.1, -0.05) is 0 Å². The highest BCUT2D eigenvalue weighted by atomic mass is 35.5. The Bertz CT molecular complexity index is 1110. The first kappa shape index (κ1) is 24.8. The third kappa shape index (κ3) is 6.38. The minimum Gasteiger partial charge on any atom is -0.459 e. The van der Waals surface area contributed by atoms with Crippen molar-refractivity contribution in [3.05, 3.63) is 61.1 Å². The van der Waals surface area contributed by atoms with Crippen LogP contribution in [-0.4, -0.2) is 50.8 Å². The van der Waals surface area contributed by atoms with Crippen LogP contribution in [0.5, 0.6) is 0 Å². The predicted octanol–water partition coefficient (Wildman–Crippen LogP) is 2.90. The van der Waals surface area contributed by atoms with Crippen LogP contribution in [0, 0.1) is 0 Å². The van der Waals surface area contributed by atoms with Gasteiger partial charge in [0.15, 0.2) is 18.2 Å². The highest BCUT2D eigenvalue weighted by Crippen LogP contribution is 2.29. The van der Waals surface area contributed by atoms with Crippen LogP contribution in [0.15, 0.2) is 59.9 Å². The van der Waals surface area contributed by atoms with Gasteiger partial charge in [-0.05, 0) is 45.0 Å².